The van der Waals surface area contributed by atoms with Crippen molar-refractivity contribution in [2.24, 2.45) is 0 Å². The third kappa shape index (κ3) is 2.88. The molecule has 0 aliphatic rings. The molecule has 2 rings (SSSR count). The second-order valence-electron chi connectivity index (χ2n) is 5.17. The summed E-state index contributed by atoms with van der Waals surface area (Å²) in [4.78, 5) is 6.78. The Balaban J connectivity index is 2.62. The lowest BCUT2D eigenvalue weighted by Gasteiger charge is -2.22. The van der Waals surface area contributed by atoms with Crippen LogP contribution in [0.1, 0.15) is 31.1 Å². The highest BCUT2D eigenvalue weighted by Crippen LogP contribution is 2.31. The average molecular weight is 300 g/mol. The lowest BCUT2D eigenvalue weighted by Crippen LogP contribution is -2.23. The highest BCUT2D eigenvalue weighted by molar-refractivity contribution is 6.35. The summed E-state index contributed by atoms with van der Waals surface area (Å²) in [6.45, 7) is 5.04. The largest absolute Gasteiger partial charge is 0.323 e. The van der Waals surface area contributed by atoms with E-state index in [1.807, 2.05) is 25.1 Å². The highest BCUT2D eigenvalue weighted by atomic mass is 35.5. The molecule has 0 bridgehead atoms. The first-order valence-electron chi connectivity index (χ1n) is 6.37. The number of fused-ring (bicyclic) bond motifs is 1. The molecule has 1 heterocycles. The van der Waals surface area contributed by atoms with Gasteiger partial charge >= 0.3 is 0 Å². The fourth-order valence-electron chi connectivity index (χ4n) is 2.45. The second kappa shape index (κ2) is 5.70. The van der Waals surface area contributed by atoms with Crippen molar-refractivity contribution < 1.29 is 0 Å². The average Bonchev–Trinajstić information content (AvgIpc) is 2.69. The summed E-state index contributed by atoms with van der Waals surface area (Å²) >= 11 is 12.5. The Hall–Kier alpha value is -0.770. The number of para-hydroxylation sites is 1. The number of benzene rings is 1. The summed E-state index contributed by atoms with van der Waals surface area (Å²) in [5.74, 6) is 0.874. The van der Waals surface area contributed by atoms with Crippen LogP contribution in [0.25, 0.3) is 11.0 Å². The van der Waals surface area contributed by atoms with Crippen molar-refractivity contribution in [2.45, 2.75) is 25.3 Å². The van der Waals surface area contributed by atoms with Crippen LogP contribution in [0.3, 0.4) is 0 Å². The lowest BCUT2D eigenvalue weighted by molar-refractivity contribution is 0.336. The van der Waals surface area contributed by atoms with Crippen LogP contribution in [0.5, 0.6) is 0 Å². The first kappa shape index (κ1) is 14.6. The minimum absolute atomic E-state index is 0.145. The fraction of sp³-hybridized carbons (Fsp3) is 0.500. The van der Waals surface area contributed by atoms with Gasteiger partial charge < -0.3 is 9.47 Å². The minimum Gasteiger partial charge on any atom is -0.323 e. The van der Waals surface area contributed by atoms with E-state index in [9.17, 15) is 0 Å². The molecule has 0 radical (unpaired) electrons. The van der Waals surface area contributed by atoms with Crippen molar-refractivity contribution in [1.29, 1.82) is 0 Å². The molecule has 1 aromatic carbocycles. The second-order valence-corrected chi connectivity index (χ2v) is 6.24. The lowest BCUT2D eigenvalue weighted by atomic mass is 10.2. The molecule has 0 N–H and O–H groups in total. The fourth-order valence-corrected chi connectivity index (χ4v) is 2.82. The van der Waals surface area contributed by atoms with Gasteiger partial charge in [0.15, 0.2) is 0 Å². The predicted molar refractivity (Wildman–Crippen MR) is 82.3 cm³/mol. The Morgan fingerprint density at radius 2 is 2.00 bits per heavy atom. The van der Waals surface area contributed by atoms with Gasteiger partial charge in [-0.2, -0.15) is 0 Å². The molecule has 1 aromatic heterocycles. The number of nitrogens with zero attached hydrogens (tertiary/aromatic N) is 3. The molecule has 0 aliphatic carbocycles. The predicted octanol–water partition coefficient (Wildman–Crippen LogP) is 4.11. The van der Waals surface area contributed by atoms with Crippen molar-refractivity contribution in [1.82, 2.24) is 14.5 Å². The zero-order chi connectivity index (χ0) is 14.2. The number of alkyl halides is 1. The number of hydrogen-bond donors (Lipinski definition) is 0. The van der Waals surface area contributed by atoms with E-state index in [-0.39, 0.29) is 11.4 Å². The monoisotopic (exact) mass is 299 g/mol. The van der Waals surface area contributed by atoms with Crippen LogP contribution in [-0.4, -0.2) is 35.1 Å². The number of hydrogen-bond acceptors (Lipinski definition) is 2. The van der Waals surface area contributed by atoms with E-state index in [0.717, 1.165) is 23.4 Å². The maximum Gasteiger partial charge on any atom is 0.128 e. The zero-order valence-corrected chi connectivity index (χ0v) is 13.2. The molecule has 0 saturated carbocycles. The Kier molecular flexibility index (Phi) is 4.39. The van der Waals surface area contributed by atoms with Gasteiger partial charge in [-0.1, -0.05) is 17.7 Å². The van der Waals surface area contributed by atoms with Gasteiger partial charge in [-0.15, -0.1) is 11.6 Å². The normalized spacial score (nSPS) is 15.1. The van der Waals surface area contributed by atoms with E-state index in [1.54, 1.807) is 0 Å². The van der Waals surface area contributed by atoms with Gasteiger partial charge in [0.25, 0.3) is 0 Å². The first-order chi connectivity index (χ1) is 8.91. The molecule has 0 aliphatic heterocycles. The van der Waals surface area contributed by atoms with E-state index < -0.39 is 0 Å². The number of imidazole rings is 1. The third-order valence-electron chi connectivity index (χ3n) is 3.12. The van der Waals surface area contributed by atoms with Crippen LogP contribution in [0, 0.1) is 0 Å². The van der Waals surface area contributed by atoms with Gasteiger partial charge in [-0.3, -0.25) is 0 Å². The summed E-state index contributed by atoms with van der Waals surface area (Å²) < 4.78 is 2.19. The van der Waals surface area contributed by atoms with E-state index in [1.165, 1.54) is 0 Å². The van der Waals surface area contributed by atoms with Crippen molar-refractivity contribution >= 4 is 34.2 Å². The number of aromatic nitrogens is 2. The van der Waals surface area contributed by atoms with Crippen molar-refractivity contribution in [3.8, 4) is 0 Å². The molecule has 104 valence electrons. The topological polar surface area (TPSA) is 21.1 Å². The van der Waals surface area contributed by atoms with Crippen LogP contribution < -0.4 is 0 Å². The Labute approximate surface area is 124 Å². The molecule has 3 nitrogen and oxygen atoms in total. The van der Waals surface area contributed by atoms with Crippen LogP contribution in [0.15, 0.2) is 18.2 Å². The minimum atomic E-state index is -0.145. The quantitative estimate of drug-likeness (QED) is 0.792. The SMILES string of the molecule is CC(Cl)c1nc2c(Cl)cccc2n1C(C)CN(C)C. The van der Waals surface area contributed by atoms with Gasteiger partial charge in [0.05, 0.1) is 15.9 Å². The standard InChI is InChI=1S/C14H19Cl2N3/c1-9(8-18(3)4)19-12-7-5-6-11(16)13(12)17-14(19)10(2)15/h5-7,9-10H,8H2,1-4H3. The van der Waals surface area contributed by atoms with Gasteiger partial charge in [-0.25, -0.2) is 4.98 Å². The Bertz CT molecular complexity index is 575. The van der Waals surface area contributed by atoms with E-state index in [4.69, 9.17) is 23.2 Å². The summed E-state index contributed by atoms with van der Waals surface area (Å²) in [5, 5.41) is 0.528. The molecule has 5 heteroatoms. The van der Waals surface area contributed by atoms with E-state index in [0.29, 0.717) is 5.02 Å². The van der Waals surface area contributed by atoms with Crippen LogP contribution in [-0.2, 0) is 0 Å². The maximum absolute atomic E-state index is 6.27. The van der Waals surface area contributed by atoms with Crippen molar-refractivity contribution in [2.75, 3.05) is 20.6 Å². The van der Waals surface area contributed by atoms with Crippen LogP contribution >= 0.6 is 23.2 Å². The zero-order valence-electron chi connectivity index (χ0n) is 11.7. The molecular formula is C14H19Cl2N3. The van der Waals surface area contributed by atoms with Crippen LogP contribution in [0.2, 0.25) is 5.02 Å². The highest BCUT2D eigenvalue weighted by Gasteiger charge is 2.20. The summed E-state index contributed by atoms with van der Waals surface area (Å²) in [7, 11) is 4.12. The van der Waals surface area contributed by atoms with Gasteiger partial charge in [0, 0.05) is 12.6 Å². The van der Waals surface area contributed by atoms with Crippen molar-refractivity contribution in [3.05, 3.63) is 29.0 Å². The molecule has 2 aromatic rings. The molecule has 0 fully saturated rings. The van der Waals surface area contributed by atoms with Gasteiger partial charge in [0.2, 0.25) is 0 Å². The summed E-state index contributed by atoms with van der Waals surface area (Å²) in [5.41, 5.74) is 1.88. The number of likely N-dealkylation sites (N-methyl/N-ethyl adjacent to an activating group) is 1. The molecular weight excluding hydrogens is 281 g/mol. The van der Waals surface area contributed by atoms with Crippen LogP contribution in [0.4, 0.5) is 0 Å². The Morgan fingerprint density at radius 3 is 2.58 bits per heavy atom. The Morgan fingerprint density at radius 1 is 1.32 bits per heavy atom. The number of halogens is 2. The van der Waals surface area contributed by atoms with E-state index >= 15 is 0 Å². The molecule has 19 heavy (non-hydrogen) atoms. The molecule has 2 atom stereocenters. The van der Waals surface area contributed by atoms with Gasteiger partial charge in [0.1, 0.15) is 11.3 Å². The van der Waals surface area contributed by atoms with E-state index in [2.05, 4.69) is 35.5 Å². The smallest absolute Gasteiger partial charge is 0.128 e. The molecule has 0 saturated heterocycles. The maximum atomic E-state index is 6.27. The number of rotatable bonds is 4. The van der Waals surface area contributed by atoms with Crippen molar-refractivity contribution in [3.63, 3.8) is 0 Å². The molecule has 0 amide bonds. The third-order valence-corrected chi connectivity index (χ3v) is 3.62. The molecule has 0 spiro atoms. The summed E-state index contributed by atoms with van der Waals surface area (Å²) in [6, 6.07) is 6.15. The first-order valence-corrected chi connectivity index (χ1v) is 7.18. The summed E-state index contributed by atoms with van der Waals surface area (Å²) in [6.07, 6.45) is 0. The van der Waals surface area contributed by atoms with Gasteiger partial charge in [-0.05, 0) is 40.1 Å². The molecule has 2 unspecified atom stereocenters.